The van der Waals surface area contributed by atoms with Gasteiger partial charge in [-0.25, -0.2) is 4.98 Å². The number of anilines is 1. The summed E-state index contributed by atoms with van der Waals surface area (Å²) >= 11 is 0. The van der Waals surface area contributed by atoms with Crippen LogP contribution in [0.15, 0.2) is 12.3 Å². The van der Waals surface area contributed by atoms with E-state index in [1.807, 2.05) is 4.90 Å². The van der Waals surface area contributed by atoms with Gasteiger partial charge < -0.3 is 14.7 Å². The predicted molar refractivity (Wildman–Crippen MR) is 64.7 cm³/mol. The van der Waals surface area contributed by atoms with E-state index in [-0.39, 0.29) is 18.4 Å². The van der Waals surface area contributed by atoms with Gasteiger partial charge in [-0.05, 0) is 12.5 Å². The van der Waals surface area contributed by atoms with Gasteiger partial charge in [0.25, 0.3) is 5.69 Å². The van der Waals surface area contributed by atoms with Crippen molar-refractivity contribution in [2.75, 3.05) is 31.2 Å². The fourth-order valence-corrected chi connectivity index (χ4v) is 2.01. The monoisotopic (exact) mass is 253 g/mol. The first-order valence-corrected chi connectivity index (χ1v) is 5.70. The second-order valence-electron chi connectivity index (χ2n) is 4.21. The second-order valence-corrected chi connectivity index (χ2v) is 4.21. The largest absolute Gasteiger partial charge is 0.394 e. The Bertz CT molecular complexity index is 452. The molecule has 1 aliphatic rings. The lowest BCUT2D eigenvalue weighted by Crippen LogP contribution is -2.44. The maximum atomic E-state index is 10.6. The molecule has 2 rings (SSSR count). The minimum absolute atomic E-state index is 0.0109. The van der Waals surface area contributed by atoms with Crippen LogP contribution in [0, 0.1) is 17.0 Å². The Balaban J connectivity index is 2.20. The molecule has 0 aliphatic carbocycles. The number of nitrogens with zero attached hydrogens (tertiary/aromatic N) is 3. The molecule has 0 radical (unpaired) electrons. The van der Waals surface area contributed by atoms with Gasteiger partial charge in [0.1, 0.15) is 12.0 Å². The van der Waals surface area contributed by atoms with Crippen molar-refractivity contribution in [3.63, 3.8) is 0 Å². The Labute approximate surface area is 104 Å². The smallest absolute Gasteiger partial charge is 0.287 e. The standard InChI is InChI=1S/C11H15N3O4/c1-8-4-9(14(16)17)5-12-11(8)13-2-3-18-10(6-13)7-15/h4-5,10,15H,2-3,6-7H2,1H3. The fraction of sp³-hybridized carbons (Fsp3) is 0.545. The van der Waals surface area contributed by atoms with Crippen LogP contribution in [0.1, 0.15) is 5.56 Å². The summed E-state index contributed by atoms with van der Waals surface area (Å²) in [6.45, 7) is 3.48. The zero-order chi connectivity index (χ0) is 13.1. The third kappa shape index (κ3) is 2.57. The van der Waals surface area contributed by atoms with Crippen LogP contribution >= 0.6 is 0 Å². The van der Waals surface area contributed by atoms with E-state index in [4.69, 9.17) is 9.84 Å². The van der Waals surface area contributed by atoms with Crippen molar-refractivity contribution < 1.29 is 14.8 Å². The third-order valence-corrected chi connectivity index (χ3v) is 2.89. The van der Waals surface area contributed by atoms with Crippen LogP contribution < -0.4 is 4.90 Å². The molecule has 2 heterocycles. The maximum absolute atomic E-state index is 10.6. The molecule has 1 aromatic rings. The summed E-state index contributed by atoms with van der Waals surface area (Å²) in [5, 5.41) is 19.7. The Kier molecular flexibility index (Phi) is 3.73. The number of aromatic nitrogens is 1. The molecule has 7 nitrogen and oxygen atoms in total. The van der Waals surface area contributed by atoms with Crippen molar-refractivity contribution in [1.82, 2.24) is 4.98 Å². The molecule has 1 N–H and O–H groups in total. The van der Waals surface area contributed by atoms with E-state index in [1.165, 1.54) is 12.3 Å². The van der Waals surface area contributed by atoms with Gasteiger partial charge in [-0.3, -0.25) is 10.1 Å². The lowest BCUT2D eigenvalue weighted by molar-refractivity contribution is -0.385. The molecule has 7 heteroatoms. The van der Waals surface area contributed by atoms with Crippen molar-refractivity contribution in [3.8, 4) is 0 Å². The SMILES string of the molecule is Cc1cc([N+](=O)[O-])cnc1N1CCOC(CO)C1. The summed E-state index contributed by atoms with van der Waals surface area (Å²) in [7, 11) is 0. The van der Waals surface area contributed by atoms with E-state index in [2.05, 4.69) is 4.98 Å². The molecule has 1 aromatic heterocycles. The minimum Gasteiger partial charge on any atom is -0.394 e. The van der Waals surface area contributed by atoms with E-state index >= 15 is 0 Å². The Morgan fingerprint density at radius 2 is 2.50 bits per heavy atom. The van der Waals surface area contributed by atoms with Gasteiger partial charge in [-0.1, -0.05) is 0 Å². The molecule has 1 fully saturated rings. The number of hydrogen-bond donors (Lipinski definition) is 1. The highest BCUT2D eigenvalue weighted by Gasteiger charge is 2.22. The number of pyridine rings is 1. The van der Waals surface area contributed by atoms with E-state index in [9.17, 15) is 10.1 Å². The van der Waals surface area contributed by atoms with E-state index in [0.29, 0.717) is 25.5 Å². The van der Waals surface area contributed by atoms with Crippen molar-refractivity contribution in [2.24, 2.45) is 0 Å². The first-order chi connectivity index (χ1) is 8.61. The summed E-state index contributed by atoms with van der Waals surface area (Å²) in [5.41, 5.74) is 0.742. The van der Waals surface area contributed by atoms with Gasteiger partial charge in [0, 0.05) is 19.2 Å². The highest BCUT2D eigenvalue weighted by molar-refractivity contribution is 5.50. The number of aliphatic hydroxyl groups is 1. The van der Waals surface area contributed by atoms with Gasteiger partial charge in [-0.2, -0.15) is 0 Å². The average Bonchev–Trinajstić information content (AvgIpc) is 2.38. The summed E-state index contributed by atoms with van der Waals surface area (Å²) in [5.74, 6) is 0.711. The summed E-state index contributed by atoms with van der Waals surface area (Å²) in [4.78, 5) is 16.3. The number of morpholine rings is 1. The van der Waals surface area contributed by atoms with Crippen LogP contribution in [0.2, 0.25) is 0 Å². The molecular weight excluding hydrogens is 238 g/mol. The number of hydrogen-bond acceptors (Lipinski definition) is 6. The van der Waals surface area contributed by atoms with E-state index in [1.54, 1.807) is 6.92 Å². The lowest BCUT2D eigenvalue weighted by Gasteiger charge is -2.33. The molecule has 18 heavy (non-hydrogen) atoms. The summed E-state index contributed by atoms with van der Waals surface area (Å²) in [6.07, 6.45) is 1.03. The van der Waals surface area contributed by atoms with E-state index < -0.39 is 4.92 Å². The second kappa shape index (κ2) is 5.28. The first kappa shape index (κ1) is 12.7. The van der Waals surface area contributed by atoms with Crippen molar-refractivity contribution >= 4 is 11.5 Å². The number of rotatable bonds is 3. The van der Waals surface area contributed by atoms with Crippen LogP contribution in [0.25, 0.3) is 0 Å². The van der Waals surface area contributed by atoms with Crippen LogP contribution in [-0.2, 0) is 4.74 Å². The molecule has 0 aromatic carbocycles. The molecule has 0 bridgehead atoms. The molecule has 98 valence electrons. The van der Waals surface area contributed by atoms with Crippen molar-refractivity contribution in [1.29, 1.82) is 0 Å². The van der Waals surface area contributed by atoms with Gasteiger partial charge in [0.2, 0.25) is 0 Å². The molecular formula is C11H15N3O4. The van der Waals surface area contributed by atoms with Gasteiger partial charge in [0.15, 0.2) is 0 Å². The number of aryl methyl sites for hydroxylation is 1. The predicted octanol–water partition coefficient (Wildman–Crippen LogP) is 0.496. The van der Waals surface area contributed by atoms with Crippen LogP contribution in [0.3, 0.4) is 0 Å². The quantitative estimate of drug-likeness (QED) is 0.623. The van der Waals surface area contributed by atoms with Gasteiger partial charge in [0.05, 0.1) is 24.2 Å². The van der Waals surface area contributed by atoms with Gasteiger partial charge >= 0.3 is 0 Å². The topological polar surface area (TPSA) is 88.7 Å². The molecule has 0 amide bonds. The maximum Gasteiger partial charge on any atom is 0.287 e. The molecule has 1 atom stereocenters. The Morgan fingerprint density at radius 1 is 1.72 bits per heavy atom. The van der Waals surface area contributed by atoms with Crippen molar-refractivity contribution in [3.05, 3.63) is 27.9 Å². The van der Waals surface area contributed by atoms with Crippen LogP contribution in [-0.4, -0.2) is 47.4 Å². The number of aliphatic hydroxyl groups excluding tert-OH is 1. The average molecular weight is 253 g/mol. The summed E-state index contributed by atoms with van der Waals surface area (Å²) in [6, 6.07) is 1.51. The molecule has 1 saturated heterocycles. The molecule has 1 unspecified atom stereocenters. The summed E-state index contributed by atoms with van der Waals surface area (Å²) < 4.78 is 5.35. The van der Waals surface area contributed by atoms with Crippen molar-refractivity contribution in [2.45, 2.75) is 13.0 Å². The third-order valence-electron chi connectivity index (χ3n) is 2.89. The molecule has 0 spiro atoms. The number of nitro groups is 1. The number of ether oxygens (including phenoxy) is 1. The highest BCUT2D eigenvalue weighted by Crippen LogP contribution is 2.23. The van der Waals surface area contributed by atoms with Crippen LogP contribution in [0.4, 0.5) is 11.5 Å². The first-order valence-electron chi connectivity index (χ1n) is 5.70. The fourth-order valence-electron chi connectivity index (χ4n) is 2.01. The zero-order valence-corrected chi connectivity index (χ0v) is 10.1. The Hall–Kier alpha value is -1.73. The highest BCUT2D eigenvalue weighted by atomic mass is 16.6. The normalized spacial score (nSPS) is 19.9. The van der Waals surface area contributed by atoms with Gasteiger partial charge in [-0.15, -0.1) is 0 Å². The molecule has 1 aliphatic heterocycles. The zero-order valence-electron chi connectivity index (χ0n) is 10.1. The minimum atomic E-state index is -0.459. The lowest BCUT2D eigenvalue weighted by atomic mass is 10.2. The van der Waals surface area contributed by atoms with Crippen LogP contribution in [0.5, 0.6) is 0 Å². The Morgan fingerprint density at radius 3 is 3.11 bits per heavy atom. The molecule has 0 saturated carbocycles. The van der Waals surface area contributed by atoms with E-state index in [0.717, 1.165) is 5.56 Å².